The van der Waals surface area contributed by atoms with Crippen molar-refractivity contribution in [3.63, 3.8) is 0 Å². The van der Waals surface area contributed by atoms with Gasteiger partial charge in [0.15, 0.2) is 0 Å². The summed E-state index contributed by atoms with van der Waals surface area (Å²) in [5, 5.41) is 3.21. The molecule has 1 atom stereocenters. The number of hydrogen-bond acceptors (Lipinski definition) is 4. The molecule has 1 amide bonds. The summed E-state index contributed by atoms with van der Waals surface area (Å²) in [7, 11) is 3.57. The van der Waals surface area contributed by atoms with Crippen LogP contribution in [0, 0.1) is 5.92 Å². The molecule has 0 aromatic rings. The summed E-state index contributed by atoms with van der Waals surface area (Å²) < 4.78 is 5.16. The number of methoxy groups -OCH3 is 1. The van der Waals surface area contributed by atoms with Crippen molar-refractivity contribution in [3.8, 4) is 0 Å². The van der Waals surface area contributed by atoms with Gasteiger partial charge in [0.25, 0.3) is 0 Å². The molecule has 2 fully saturated rings. The van der Waals surface area contributed by atoms with Crippen LogP contribution in [0.2, 0.25) is 0 Å². The molecular weight excluding hydrogens is 230 g/mol. The van der Waals surface area contributed by atoms with Gasteiger partial charge < -0.3 is 15.8 Å². The molecule has 104 valence electrons. The van der Waals surface area contributed by atoms with Gasteiger partial charge in [-0.25, -0.2) is 0 Å². The summed E-state index contributed by atoms with van der Waals surface area (Å²) >= 11 is 0. The first-order chi connectivity index (χ1) is 8.64. The summed E-state index contributed by atoms with van der Waals surface area (Å²) in [6, 6.07) is 0.617. The van der Waals surface area contributed by atoms with E-state index in [2.05, 4.69) is 10.2 Å². The fourth-order valence-electron chi connectivity index (χ4n) is 2.75. The van der Waals surface area contributed by atoms with Crippen LogP contribution in [0.25, 0.3) is 0 Å². The average molecular weight is 255 g/mol. The lowest BCUT2D eigenvalue weighted by atomic mass is 9.91. The predicted molar refractivity (Wildman–Crippen MR) is 70.2 cm³/mol. The van der Waals surface area contributed by atoms with Gasteiger partial charge in [0, 0.05) is 26.2 Å². The minimum absolute atomic E-state index is 0.212. The number of nitrogens with two attached hydrogens (primary N) is 1. The molecule has 2 rings (SSSR count). The molecule has 0 spiro atoms. The number of rotatable bonds is 9. The highest BCUT2D eigenvalue weighted by atomic mass is 16.5. The number of carbonyl (C=O) groups excluding carboxylic acids is 1. The Bertz CT molecular complexity index is 303. The van der Waals surface area contributed by atoms with Crippen molar-refractivity contribution in [2.75, 3.05) is 33.9 Å². The van der Waals surface area contributed by atoms with Gasteiger partial charge in [0.1, 0.15) is 5.54 Å². The van der Waals surface area contributed by atoms with Gasteiger partial charge >= 0.3 is 0 Å². The Morgan fingerprint density at radius 3 is 2.50 bits per heavy atom. The number of nitrogens with zero attached hydrogens (tertiary/aromatic N) is 1. The molecule has 3 N–H and O–H groups in total. The standard InChI is InChI=1S/C13H25N3O2/c1-15-13(12(14)17,10-3-4-10)9-16(7-8-18-2)11-5-6-11/h10-11,15H,3-9H2,1-2H3,(H2,14,17). The molecule has 0 aliphatic heterocycles. The first kappa shape index (κ1) is 13.8. The molecule has 0 aromatic carbocycles. The normalized spacial score (nSPS) is 23.1. The zero-order valence-corrected chi connectivity index (χ0v) is 11.4. The Labute approximate surface area is 109 Å². The lowest BCUT2D eigenvalue weighted by Gasteiger charge is -2.36. The van der Waals surface area contributed by atoms with Crippen LogP contribution in [0.4, 0.5) is 0 Å². The van der Waals surface area contributed by atoms with Crippen LogP contribution in [0.1, 0.15) is 25.7 Å². The van der Waals surface area contributed by atoms with E-state index in [1.807, 2.05) is 7.05 Å². The second kappa shape index (κ2) is 5.55. The predicted octanol–water partition coefficient (Wildman–Crippen LogP) is -0.0493. The molecule has 5 heteroatoms. The molecule has 5 nitrogen and oxygen atoms in total. The van der Waals surface area contributed by atoms with E-state index in [9.17, 15) is 4.79 Å². The van der Waals surface area contributed by atoms with Crippen LogP contribution >= 0.6 is 0 Å². The fourth-order valence-corrected chi connectivity index (χ4v) is 2.75. The van der Waals surface area contributed by atoms with Crippen LogP contribution < -0.4 is 11.1 Å². The maximum atomic E-state index is 11.9. The van der Waals surface area contributed by atoms with Crippen molar-refractivity contribution in [2.45, 2.75) is 37.3 Å². The molecule has 18 heavy (non-hydrogen) atoms. The topological polar surface area (TPSA) is 67.6 Å². The van der Waals surface area contributed by atoms with Crippen LogP contribution in [0.3, 0.4) is 0 Å². The minimum Gasteiger partial charge on any atom is -0.383 e. The Morgan fingerprint density at radius 1 is 1.44 bits per heavy atom. The van der Waals surface area contributed by atoms with Gasteiger partial charge in [-0.1, -0.05) is 0 Å². The second-order valence-corrected chi connectivity index (χ2v) is 5.55. The molecule has 0 aromatic heterocycles. The third-order valence-electron chi connectivity index (χ3n) is 4.26. The molecule has 0 heterocycles. The molecule has 0 bridgehead atoms. The Morgan fingerprint density at radius 2 is 2.11 bits per heavy atom. The number of carbonyl (C=O) groups is 1. The molecule has 2 saturated carbocycles. The smallest absolute Gasteiger partial charge is 0.239 e. The largest absolute Gasteiger partial charge is 0.383 e. The van der Waals surface area contributed by atoms with Crippen LogP contribution in [-0.2, 0) is 9.53 Å². The molecule has 1 unspecified atom stereocenters. The lowest BCUT2D eigenvalue weighted by molar-refractivity contribution is -0.126. The molecule has 2 aliphatic rings. The van der Waals surface area contributed by atoms with Crippen molar-refractivity contribution in [3.05, 3.63) is 0 Å². The number of hydrogen-bond donors (Lipinski definition) is 2. The highest BCUT2D eigenvalue weighted by molar-refractivity contribution is 5.86. The highest BCUT2D eigenvalue weighted by Gasteiger charge is 2.50. The maximum Gasteiger partial charge on any atom is 0.239 e. The number of likely N-dealkylation sites (N-methyl/N-ethyl adjacent to an activating group) is 1. The average Bonchev–Trinajstić information content (AvgIpc) is 3.18. The summed E-state index contributed by atoms with van der Waals surface area (Å²) in [5.74, 6) is 0.194. The quantitative estimate of drug-likeness (QED) is 0.606. The van der Waals surface area contributed by atoms with Gasteiger partial charge in [0.2, 0.25) is 5.91 Å². The van der Waals surface area contributed by atoms with Crippen molar-refractivity contribution in [1.82, 2.24) is 10.2 Å². The fraction of sp³-hybridized carbons (Fsp3) is 0.923. The molecule has 0 saturated heterocycles. The van der Waals surface area contributed by atoms with Crippen LogP contribution in [0.15, 0.2) is 0 Å². The van der Waals surface area contributed by atoms with Crippen molar-refractivity contribution in [2.24, 2.45) is 11.7 Å². The minimum atomic E-state index is -0.545. The Hall–Kier alpha value is -0.650. The van der Waals surface area contributed by atoms with E-state index < -0.39 is 5.54 Å². The maximum absolute atomic E-state index is 11.9. The first-order valence-corrected chi connectivity index (χ1v) is 6.86. The van der Waals surface area contributed by atoms with E-state index in [0.29, 0.717) is 18.6 Å². The van der Waals surface area contributed by atoms with Crippen molar-refractivity contribution < 1.29 is 9.53 Å². The van der Waals surface area contributed by atoms with Gasteiger partial charge in [-0.3, -0.25) is 9.69 Å². The third kappa shape index (κ3) is 2.84. The third-order valence-corrected chi connectivity index (χ3v) is 4.26. The number of amides is 1. The summed E-state index contributed by atoms with van der Waals surface area (Å²) in [4.78, 5) is 14.3. The molecule has 2 aliphatic carbocycles. The van der Waals surface area contributed by atoms with Crippen LogP contribution in [0.5, 0.6) is 0 Å². The first-order valence-electron chi connectivity index (χ1n) is 6.86. The molecular formula is C13H25N3O2. The summed E-state index contributed by atoms with van der Waals surface area (Å²) in [6.07, 6.45) is 4.67. The van der Waals surface area contributed by atoms with E-state index >= 15 is 0 Å². The monoisotopic (exact) mass is 255 g/mol. The second-order valence-electron chi connectivity index (χ2n) is 5.55. The number of primary amides is 1. The van der Waals surface area contributed by atoms with Gasteiger partial charge in [0.05, 0.1) is 6.61 Å². The summed E-state index contributed by atoms with van der Waals surface area (Å²) in [5.41, 5.74) is 5.12. The number of ether oxygens (including phenoxy) is 1. The zero-order chi connectivity index (χ0) is 13.2. The van der Waals surface area contributed by atoms with Gasteiger partial charge in [-0.15, -0.1) is 0 Å². The number of nitrogens with one attached hydrogen (secondary N) is 1. The van der Waals surface area contributed by atoms with Crippen molar-refractivity contribution >= 4 is 5.91 Å². The van der Waals surface area contributed by atoms with Crippen LogP contribution in [-0.4, -0.2) is 56.2 Å². The SMILES string of the molecule is CNC(CN(CCOC)C1CC1)(C(N)=O)C1CC1. The van der Waals surface area contributed by atoms with Gasteiger partial charge in [-0.05, 0) is 38.6 Å². The lowest BCUT2D eigenvalue weighted by Crippen LogP contribution is -2.62. The summed E-state index contributed by atoms with van der Waals surface area (Å²) in [6.45, 7) is 2.31. The van der Waals surface area contributed by atoms with E-state index in [1.165, 1.54) is 12.8 Å². The van der Waals surface area contributed by atoms with Gasteiger partial charge in [-0.2, -0.15) is 0 Å². The van der Waals surface area contributed by atoms with E-state index in [-0.39, 0.29) is 5.91 Å². The highest BCUT2D eigenvalue weighted by Crippen LogP contribution is 2.41. The zero-order valence-electron chi connectivity index (χ0n) is 11.4. The van der Waals surface area contributed by atoms with E-state index in [0.717, 1.165) is 25.9 Å². The Balaban J connectivity index is 2.03. The molecule has 0 radical (unpaired) electrons. The Kier molecular flexibility index (Phi) is 4.25. The van der Waals surface area contributed by atoms with E-state index in [4.69, 9.17) is 10.5 Å². The van der Waals surface area contributed by atoms with E-state index in [1.54, 1.807) is 7.11 Å². The van der Waals surface area contributed by atoms with Crippen molar-refractivity contribution in [1.29, 1.82) is 0 Å².